The second-order valence-corrected chi connectivity index (χ2v) is 7.40. The number of nitro groups is 1. The number of alkyl halides is 3. The number of aromatic nitrogens is 2. The molecule has 1 aliphatic heterocycles. The molecule has 1 saturated heterocycles. The molecule has 172 valence electrons. The molecular weight excluding hydrogens is 446 g/mol. The van der Waals surface area contributed by atoms with Gasteiger partial charge in [0.05, 0.1) is 27.9 Å². The predicted molar refractivity (Wildman–Crippen MR) is 110 cm³/mol. The van der Waals surface area contributed by atoms with Crippen molar-refractivity contribution in [3.63, 3.8) is 0 Å². The van der Waals surface area contributed by atoms with Crippen molar-refractivity contribution in [2.24, 2.45) is 0 Å². The van der Waals surface area contributed by atoms with E-state index in [0.29, 0.717) is 17.3 Å². The van der Waals surface area contributed by atoms with Gasteiger partial charge in [0.2, 0.25) is 0 Å². The summed E-state index contributed by atoms with van der Waals surface area (Å²) in [6.45, 7) is 0.791. The Kier molecular flexibility index (Phi) is 5.75. The van der Waals surface area contributed by atoms with Crippen LogP contribution in [0.4, 0.5) is 28.9 Å². The maximum Gasteiger partial charge on any atom is 0.416 e. The van der Waals surface area contributed by atoms with Crippen LogP contribution in [0.5, 0.6) is 0 Å². The average Bonchev–Trinajstić information content (AvgIpc) is 3.28. The summed E-state index contributed by atoms with van der Waals surface area (Å²) in [4.78, 5) is 26.7. The van der Waals surface area contributed by atoms with E-state index in [2.05, 4.69) is 10.2 Å². The largest absolute Gasteiger partial charge is 0.416 e. The summed E-state index contributed by atoms with van der Waals surface area (Å²) in [7, 11) is 0. The molecule has 8 nitrogen and oxygen atoms in total. The molecule has 1 aromatic heterocycles. The number of H-pyrrole nitrogens is 1. The molecule has 0 spiro atoms. The number of aromatic amines is 1. The van der Waals surface area contributed by atoms with Gasteiger partial charge in [-0.25, -0.2) is 4.39 Å². The first-order valence-corrected chi connectivity index (χ1v) is 9.84. The van der Waals surface area contributed by atoms with E-state index < -0.39 is 28.2 Å². The summed E-state index contributed by atoms with van der Waals surface area (Å²) in [6.07, 6.45) is -3.32. The number of nitrogens with one attached hydrogen (secondary N) is 1. The summed E-state index contributed by atoms with van der Waals surface area (Å²) in [5.74, 6) is -0.746. The Balaban J connectivity index is 1.50. The van der Waals surface area contributed by atoms with Gasteiger partial charge in [0, 0.05) is 37.8 Å². The van der Waals surface area contributed by atoms with Crippen molar-refractivity contribution in [3.05, 3.63) is 75.7 Å². The number of piperazine rings is 1. The van der Waals surface area contributed by atoms with Crippen LogP contribution in [0.2, 0.25) is 0 Å². The van der Waals surface area contributed by atoms with Crippen LogP contribution in [-0.2, 0) is 6.18 Å². The highest BCUT2D eigenvalue weighted by Gasteiger charge is 2.34. The Bertz CT molecular complexity index is 1190. The van der Waals surface area contributed by atoms with Crippen molar-refractivity contribution in [3.8, 4) is 11.3 Å². The maximum atomic E-state index is 13.2. The fraction of sp³-hybridized carbons (Fsp3) is 0.238. The summed E-state index contributed by atoms with van der Waals surface area (Å²) in [5.41, 5.74) is -0.374. The lowest BCUT2D eigenvalue weighted by molar-refractivity contribution is -0.384. The van der Waals surface area contributed by atoms with Gasteiger partial charge in [0.1, 0.15) is 11.5 Å². The molecule has 0 aliphatic carbocycles. The fourth-order valence-electron chi connectivity index (χ4n) is 3.72. The van der Waals surface area contributed by atoms with E-state index in [1.165, 1.54) is 35.4 Å². The van der Waals surface area contributed by atoms with Crippen LogP contribution in [0.25, 0.3) is 11.3 Å². The van der Waals surface area contributed by atoms with Crippen LogP contribution in [-0.4, -0.2) is 52.1 Å². The monoisotopic (exact) mass is 463 g/mol. The van der Waals surface area contributed by atoms with E-state index >= 15 is 0 Å². The van der Waals surface area contributed by atoms with Gasteiger partial charge >= 0.3 is 6.18 Å². The van der Waals surface area contributed by atoms with E-state index in [9.17, 15) is 32.5 Å². The van der Waals surface area contributed by atoms with Crippen LogP contribution in [0, 0.1) is 15.9 Å². The molecule has 3 aromatic rings. The molecule has 12 heteroatoms. The summed E-state index contributed by atoms with van der Waals surface area (Å²) in [6, 6.07) is 7.97. The summed E-state index contributed by atoms with van der Waals surface area (Å²) < 4.78 is 52.1. The molecule has 2 aromatic carbocycles. The van der Waals surface area contributed by atoms with Crippen molar-refractivity contribution in [1.29, 1.82) is 0 Å². The number of nitrogens with zero attached hydrogens (tertiary/aromatic N) is 4. The van der Waals surface area contributed by atoms with Crippen LogP contribution in [0.3, 0.4) is 0 Å². The molecule has 0 bridgehead atoms. The molecule has 1 fully saturated rings. The van der Waals surface area contributed by atoms with Gasteiger partial charge in [-0.05, 0) is 36.4 Å². The number of benzene rings is 2. The van der Waals surface area contributed by atoms with Crippen LogP contribution in [0.1, 0.15) is 15.9 Å². The smallest absolute Gasteiger partial charge is 0.362 e. The number of nitro benzene ring substituents is 1. The first kappa shape index (κ1) is 22.2. The highest BCUT2D eigenvalue weighted by Crippen LogP contribution is 2.37. The average molecular weight is 463 g/mol. The van der Waals surface area contributed by atoms with Crippen LogP contribution < -0.4 is 4.90 Å². The van der Waals surface area contributed by atoms with E-state index in [0.717, 1.165) is 12.1 Å². The zero-order valence-electron chi connectivity index (χ0n) is 17.0. The number of carbonyl (C=O) groups excluding carboxylic acids is 1. The topological polar surface area (TPSA) is 95.4 Å². The molecule has 0 radical (unpaired) electrons. The van der Waals surface area contributed by atoms with Crippen molar-refractivity contribution < 1.29 is 27.3 Å². The number of rotatable bonds is 4. The molecule has 33 heavy (non-hydrogen) atoms. The second-order valence-electron chi connectivity index (χ2n) is 7.40. The molecule has 1 N–H and O–H groups in total. The lowest BCUT2D eigenvalue weighted by atomic mass is 10.1. The first-order valence-electron chi connectivity index (χ1n) is 9.84. The van der Waals surface area contributed by atoms with Gasteiger partial charge < -0.3 is 9.80 Å². The predicted octanol–water partition coefficient (Wildman–Crippen LogP) is 4.11. The minimum atomic E-state index is -4.69. The molecule has 2 heterocycles. The second kappa shape index (κ2) is 8.52. The number of amides is 1. The minimum Gasteiger partial charge on any atom is -0.362 e. The third kappa shape index (κ3) is 4.49. The van der Waals surface area contributed by atoms with Crippen molar-refractivity contribution in [2.75, 3.05) is 31.1 Å². The van der Waals surface area contributed by atoms with E-state index in [1.807, 2.05) is 0 Å². The summed E-state index contributed by atoms with van der Waals surface area (Å²) in [5, 5.41) is 18.0. The SMILES string of the molecule is O=C(c1cn[nH]c1-c1ccc(F)cc1)N1CCN(c2ccc(C(F)(F)F)cc2[N+](=O)[O-])CC1. The quantitative estimate of drug-likeness (QED) is 0.357. The number of halogens is 4. The van der Waals surface area contributed by atoms with Gasteiger partial charge in [0.15, 0.2) is 0 Å². The summed E-state index contributed by atoms with van der Waals surface area (Å²) >= 11 is 0. The number of hydrogen-bond acceptors (Lipinski definition) is 5. The molecule has 1 aliphatic rings. The number of hydrogen-bond donors (Lipinski definition) is 1. The fourth-order valence-corrected chi connectivity index (χ4v) is 3.72. The van der Waals surface area contributed by atoms with E-state index in [-0.39, 0.29) is 43.3 Å². The molecule has 0 unspecified atom stereocenters. The first-order chi connectivity index (χ1) is 15.6. The standard InChI is InChI=1S/C21H17F4N5O3/c22-15-4-1-13(2-5-15)19-16(12-26-27-19)20(31)29-9-7-28(8-10-29)17-6-3-14(21(23,24)25)11-18(17)30(32)33/h1-6,11-12H,7-10H2,(H,26,27). The zero-order chi connectivity index (χ0) is 23.8. The van der Waals surface area contributed by atoms with Crippen molar-refractivity contribution in [1.82, 2.24) is 15.1 Å². The van der Waals surface area contributed by atoms with Gasteiger partial charge in [-0.15, -0.1) is 0 Å². The highest BCUT2D eigenvalue weighted by atomic mass is 19.4. The van der Waals surface area contributed by atoms with Crippen molar-refractivity contribution >= 4 is 17.3 Å². The molecule has 1 amide bonds. The Morgan fingerprint density at radius 2 is 1.73 bits per heavy atom. The van der Waals surface area contributed by atoms with Crippen LogP contribution >= 0.6 is 0 Å². The Morgan fingerprint density at radius 3 is 2.33 bits per heavy atom. The van der Waals surface area contributed by atoms with E-state index in [4.69, 9.17) is 0 Å². The maximum absolute atomic E-state index is 13.2. The van der Waals surface area contributed by atoms with Gasteiger partial charge in [-0.3, -0.25) is 20.0 Å². The third-order valence-electron chi connectivity index (χ3n) is 5.41. The molecule has 4 rings (SSSR count). The Hall–Kier alpha value is -3.96. The Labute approximate surface area is 184 Å². The zero-order valence-corrected chi connectivity index (χ0v) is 17.0. The van der Waals surface area contributed by atoms with Gasteiger partial charge in [0.25, 0.3) is 11.6 Å². The normalized spacial score (nSPS) is 14.4. The van der Waals surface area contributed by atoms with E-state index in [1.54, 1.807) is 4.90 Å². The highest BCUT2D eigenvalue weighted by molar-refractivity contribution is 5.99. The molecule has 0 saturated carbocycles. The third-order valence-corrected chi connectivity index (χ3v) is 5.41. The van der Waals surface area contributed by atoms with Crippen molar-refractivity contribution in [2.45, 2.75) is 6.18 Å². The molecule has 0 atom stereocenters. The molecular formula is C21H17F4N5O3. The lowest BCUT2D eigenvalue weighted by Crippen LogP contribution is -2.49. The van der Waals surface area contributed by atoms with Gasteiger partial charge in [-0.2, -0.15) is 18.3 Å². The van der Waals surface area contributed by atoms with Crippen LogP contribution in [0.15, 0.2) is 48.7 Å². The minimum absolute atomic E-state index is 0.0652. The lowest BCUT2D eigenvalue weighted by Gasteiger charge is -2.35. The van der Waals surface area contributed by atoms with Gasteiger partial charge in [-0.1, -0.05) is 0 Å². The number of carbonyl (C=O) groups is 1. The number of anilines is 1. The Morgan fingerprint density at radius 1 is 1.06 bits per heavy atom.